The number of amides is 1. The number of hydrogen-bond donors (Lipinski definition) is 2. The van der Waals surface area contributed by atoms with E-state index in [4.69, 9.17) is 5.11 Å². The van der Waals surface area contributed by atoms with Gasteiger partial charge in [-0.15, -0.1) is 0 Å². The van der Waals surface area contributed by atoms with Gasteiger partial charge in [-0.05, 0) is 48.9 Å². The first-order valence-corrected chi connectivity index (χ1v) is 8.28. The maximum Gasteiger partial charge on any atom is 0.303 e. The average Bonchev–Trinajstić information content (AvgIpc) is 2.95. The van der Waals surface area contributed by atoms with Crippen molar-refractivity contribution < 1.29 is 19.1 Å². The number of fused-ring (bicyclic) bond motifs is 1. The largest absolute Gasteiger partial charge is 0.481 e. The molecule has 1 aliphatic heterocycles. The molecule has 3 rings (SSSR count). The minimum Gasteiger partial charge on any atom is -0.481 e. The van der Waals surface area contributed by atoms with Crippen molar-refractivity contribution in [2.75, 3.05) is 13.1 Å². The maximum absolute atomic E-state index is 13.2. The first-order valence-electron chi connectivity index (χ1n) is 8.28. The summed E-state index contributed by atoms with van der Waals surface area (Å²) in [5.74, 6) is -0.792. The molecule has 1 aromatic carbocycles. The third-order valence-electron chi connectivity index (χ3n) is 4.71. The predicted octanol–water partition coefficient (Wildman–Crippen LogP) is 2.95. The van der Waals surface area contributed by atoms with Gasteiger partial charge in [0.15, 0.2) is 0 Å². The van der Waals surface area contributed by atoms with Gasteiger partial charge in [0.1, 0.15) is 5.82 Å². The molecule has 2 heterocycles. The molecule has 0 bridgehead atoms. The maximum atomic E-state index is 13.2. The zero-order valence-corrected chi connectivity index (χ0v) is 13.4. The predicted molar refractivity (Wildman–Crippen MR) is 88.1 cm³/mol. The number of aromatic amines is 1. The molecular weight excluding hydrogens is 311 g/mol. The fraction of sp³-hybridized carbons (Fsp3) is 0.444. The molecule has 128 valence electrons. The van der Waals surface area contributed by atoms with Gasteiger partial charge in [-0.2, -0.15) is 0 Å². The van der Waals surface area contributed by atoms with E-state index in [1.807, 2.05) is 4.90 Å². The second-order valence-electron chi connectivity index (χ2n) is 6.46. The number of nitrogens with one attached hydrogen (secondary N) is 1. The third kappa shape index (κ3) is 3.75. The summed E-state index contributed by atoms with van der Waals surface area (Å²) in [5.41, 5.74) is 1.55. The van der Waals surface area contributed by atoms with Crippen LogP contribution in [0.25, 0.3) is 10.9 Å². The Morgan fingerprint density at radius 1 is 1.38 bits per heavy atom. The van der Waals surface area contributed by atoms with Crippen LogP contribution in [0.15, 0.2) is 24.4 Å². The Bertz CT molecular complexity index is 756. The standard InChI is InChI=1S/C18H21FN2O3/c19-14-4-5-15-13(10-20-16(15)9-14)8-17(22)21-7-1-2-12(11-21)3-6-18(23)24/h4-5,9-10,12,20H,1-3,6-8,11H2,(H,23,24)/t12-/m0/s1. The fourth-order valence-corrected chi connectivity index (χ4v) is 3.43. The van der Waals surface area contributed by atoms with Crippen LogP contribution in [0.1, 0.15) is 31.2 Å². The van der Waals surface area contributed by atoms with Crippen LogP contribution in [0.2, 0.25) is 0 Å². The molecule has 1 saturated heterocycles. The van der Waals surface area contributed by atoms with Crippen molar-refractivity contribution in [3.63, 3.8) is 0 Å². The number of likely N-dealkylation sites (tertiary alicyclic amines) is 1. The number of aromatic nitrogens is 1. The summed E-state index contributed by atoms with van der Waals surface area (Å²) in [6, 6.07) is 4.51. The van der Waals surface area contributed by atoms with Crippen molar-refractivity contribution in [2.24, 2.45) is 5.92 Å². The summed E-state index contributed by atoms with van der Waals surface area (Å²) >= 11 is 0. The number of rotatable bonds is 5. The van der Waals surface area contributed by atoms with Crippen molar-refractivity contribution in [1.29, 1.82) is 0 Å². The Morgan fingerprint density at radius 2 is 2.21 bits per heavy atom. The van der Waals surface area contributed by atoms with Crippen LogP contribution in [0, 0.1) is 11.7 Å². The van der Waals surface area contributed by atoms with Crippen LogP contribution in [-0.4, -0.2) is 40.0 Å². The number of aliphatic carboxylic acids is 1. The Kier molecular flexibility index (Phi) is 4.83. The average molecular weight is 332 g/mol. The molecule has 2 aromatic rings. The van der Waals surface area contributed by atoms with Crippen LogP contribution in [0.4, 0.5) is 4.39 Å². The fourth-order valence-electron chi connectivity index (χ4n) is 3.43. The normalized spacial score (nSPS) is 18.0. The molecule has 1 aliphatic rings. The Balaban J connectivity index is 1.64. The molecule has 2 N–H and O–H groups in total. The van der Waals surface area contributed by atoms with Crippen molar-refractivity contribution in [3.05, 3.63) is 35.8 Å². The van der Waals surface area contributed by atoms with Gasteiger partial charge >= 0.3 is 5.97 Å². The highest BCUT2D eigenvalue weighted by Crippen LogP contribution is 2.24. The highest BCUT2D eigenvalue weighted by molar-refractivity contribution is 5.89. The highest BCUT2D eigenvalue weighted by Gasteiger charge is 2.24. The Hall–Kier alpha value is -2.37. The number of carbonyl (C=O) groups is 2. The summed E-state index contributed by atoms with van der Waals surface area (Å²) in [6.07, 6.45) is 4.69. The molecule has 1 fully saturated rings. The number of nitrogens with zero attached hydrogens (tertiary/aromatic N) is 1. The van der Waals surface area contributed by atoms with Crippen LogP contribution in [0.5, 0.6) is 0 Å². The van der Waals surface area contributed by atoms with Gasteiger partial charge in [0.25, 0.3) is 0 Å². The first-order chi connectivity index (χ1) is 11.5. The molecule has 5 nitrogen and oxygen atoms in total. The summed E-state index contributed by atoms with van der Waals surface area (Å²) in [5, 5.41) is 9.66. The zero-order valence-electron chi connectivity index (χ0n) is 13.4. The quantitative estimate of drug-likeness (QED) is 0.884. The zero-order chi connectivity index (χ0) is 17.1. The van der Waals surface area contributed by atoms with E-state index in [9.17, 15) is 14.0 Å². The smallest absolute Gasteiger partial charge is 0.303 e. The van der Waals surface area contributed by atoms with E-state index >= 15 is 0 Å². The molecule has 6 heteroatoms. The van der Waals surface area contributed by atoms with E-state index in [2.05, 4.69) is 4.98 Å². The van der Waals surface area contributed by atoms with E-state index in [1.54, 1.807) is 12.3 Å². The van der Waals surface area contributed by atoms with Gasteiger partial charge in [0, 0.05) is 36.6 Å². The summed E-state index contributed by atoms with van der Waals surface area (Å²) in [6.45, 7) is 1.35. The summed E-state index contributed by atoms with van der Waals surface area (Å²) < 4.78 is 13.2. The van der Waals surface area contributed by atoms with E-state index in [1.165, 1.54) is 12.1 Å². The monoisotopic (exact) mass is 332 g/mol. The van der Waals surface area contributed by atoms with Gasteiger partial charge < -0.3 is 15.0 Å². The molecule has 24 heavy (non-hydrogen) atoms. The number of halogens is 1. The van der Waals surface area contributed by atoms with E-state index in [0.29, 0.717) is 18.5 Å². The molecule has 0 unspecified atom stereocenters. The van der Waals surface area contributed by atoms with Crippen molar-refractivity contribution >= 4 is 22.8 Å². The van der Waals surface area contributed by atoms with E-state index < -0.39 is 5.97 Å². The highest BCUT2D eigenvalue weighted by atomic mass is 19.1. The minimum atomic E-state index is -0.788. The minimum absolute atomic E-state index is 0.0419. The van der Waals surface area contributed by atoms with Crippen molar-refractivity contribution in [2.45, 2.75) is 32.1 Å². The molecule has 0 radical (unpaired) electrons. The number of carbonyl (C=O) groups excluding carboxylic acids is 1. The van der Waals surface area contributed by atoms with Gasteiger partial charge in [0.2, 0.25) is 5.91 Å². The number of carboxylic acid groups (broad SMARTS) is 1. The molecule has 1 amide bonds. The second-order valence-corrected chi connectivity index (χ2v) is 6.46. The lowest BCUT2D eigenvalue weighted by atomic mass is 9.93. The SMILES string of the molecule is O=C(O)CC[C@@H]1CCCN(C(=O)Cc2c[nH]c3cc(F)ccc23)C1. The molecule has 1 atom stereocenters. The molecule has 0 aliphatic carbocycles. The van der Waals surface area contributed by atoms with Crippen LogP contribution in [-0.2, 0) is 16.0 Å². The van der Waals surface area contributed by atoms with Crippen LogP contribution in [0.3, 0.4) is 0 Å². The van der Waals surface area contributed by atoms with E-state index in [0.717, 1.165) is 30.3 Å². The molecule has 1 aromatic heterocycles. The third-order valence-corrected chi connectivity index (χ3v) is 4.71. The first kappa shape index (κ1) is 16.5. The lowest BCUT2D eigenvalue weighted by Crippen LogP contribution is -2.40. The van der Waals surface area contributed by atoms with Gasteiger partial charge in [0.05, 0.1) is 6.42 Å². The Morgan fingerprint density at radius 3 is 3.00 bits per heavy atom. The van der Waals surface area contributed by atoms with Crippen molar-refractivity contribution in [3.8, 4) is 0 Å². The van der Waals surface area contributed by atoms with Gasteiger partial charge in [-0.3, -0.25) is 9.59 Å². The van der Waals surface area contributed by atoms with Crippen molar-refractivity contribution in [1.82, 2.24) is 9.88 Å². The number of H-pyrrole nitrogens is 1. The lowest BCUT2D eigenvalue weighted by Gasteiger charge is -2.32. The van der Waals surface area contributed by atoms with Gasteiger partial charge in [-0.25, -0.2) is 4.39 Å². The number of carboxylic acids is 1. The molecular formula is C18H21FN2O3. The topological polar surface area (TPSA) is 73.4 Å². The number of piperidine rings is 1. The van der Waals surface area contributed by atoms with Crippen LogP contribution >= 0.6 is 0 Å². The van der Waals surface area contributed by atoms with Crippen LogP contribution < -0.4 is 0 Å². The molecule has 0 saturated carbocycles. The summed E-state index contributed by atoms with van der Waals surface area (Å²) in [7, 11) is 0. The lowest BCUT2D eigenvalue weighted by molar-refractivity contribution is -0.137. The van der Waals surface area contributed by atoms with E-state index in [-0.39, 0.29) is 30.5 Å². The van der Waals surface area contributed by atoms with Gasteiger partial charge in [-0.1, -0.05) is 0 Å². The molecule has 0 spiro atoms. The second kappa shape index (κ2) is 7.03. The summed E-state index contributed by atoms with van der Waals surface area (Å²) in [4.78, 5) is 28.1. The number of benzene rings is 1. The number of hydrogen-bond acceptors (Lipinski definition) is 2. The Labute approximate surface area is 139 Å².